The van der Waals surface area contributed by atoms with Gasteiger partial charge >= 0.3 is 6.03 Å². The number of hydrogen-bond donors (Lipinski definition) is 2. The van der Waals surface area contributed by atoms with Crippen molar-refractivity contribution in [3.8, 4) is 5.75 Å². The Kier molecular flexibility index (Phi) is 4.99. The molecule has 0 aromatic heterocycles. The molecule has 0 radical (unpaired) electrons. The Morgan fingerprint density at radius 1 is 1.33 bits per heavy atom. The summed E-state index contributed by atoms with van der Waals surface area (Å²) in [4.78, 5) is 14.3. The van der Waals surface area contributed by atoms with Gasteiger partial charge in [-0.25, -0.2) is 4.79 Å². The molecule has 1 fully saturated rings. The van der Waals surface area contributed by atoms with E-state index in [-0.39, 0.29) is 24.1 Å². The molecule has 1 heterocycles. The summed E-state index contributed by atoms with van der Waals surface area (Å²) in [7, 11) is 1.81. The molecule has 2 amide bonds. The maximum Gasteiger partial charge on any atom is 0.317 e. The predicted molar refractivity (Wildman–Crippen MR) is 93.3 cm³/mol. The lowest BCUT2D eigenvalue weighted by Gasteiger charge is -2.31. The van der Waals surface area contributed by atoms with Crippen LogP contribution in [0.25, 0.3) is 0 Å². The number of hydrogen-bond acceptors (Lipinski definition) is 3. The van der Waals surface area contributed by atoms with Crippen LogP contribution in [0.4, 0.5) is 4.79 Å². The number of carbonyl (C=O) groups excluding carboxylic acids is 1. The quantitative estimate of drug-likeness (QED) is 0.894. The van der Waals surface area contributed by atoms with Crippen molar-refractivity contribution in [3.63, 3.8) is 0 Å². The third kappa shape index (κ3) is 3.51. The lowest BCUT2D eigenvalue weighted by molar-refractivity contribution is 0.113. The zero-order chi connectivity index (χ0) is 17.3. The van der Waals surface area contributed by atoms with E-state index in [4.69, 9.17) is 4.74 Å². The fourth-order valence-corrected chi connectivity index (χ4v) is 3.95. The lowest BCUT2D eigenvalue weighted by Crippen LogP contribution is -2.43. The Labute approximate surface area is 144 Å². The van der Waals surface area contributed by atoms with Crippen molar-refractivity contribution < 1.29 is 14.6 Å². The largest absolute Gasteiger partial charge is 0.493 e. The molecular formula is C19H28N2O3. The van der Waals surface area contributed by atoms with Gasteiger partial charge in [0.15, 0.2) is 0 Å². The molecule has 5 heteroatoms. The molecule has 1 aromatic rings. The predicted octanol–water partition coefficient (Wildman–Crippen LogP) is 2.93. The molecule has 3 unspecified atom stereocenters. The van der Waals surface area contributed by atoms with Gasteiger partial charge in [0.1, 0.15) is 5.75 Å². The fourth-order valence-electron chi connectivity index (χ4n) is 3.95. The second kappa shape index (κ2) is 7.01. The van der Waals surface area contributed by atoms with Gasteiger partial charge in [-0.1, -0.05) is 24.1 Å². The molecule has 0 saturated heterocycles. The molecular weight excluding hydrogens is 304 g/mol. The number of aliphatic hydroxyl groups excluding tert-OH is 1. The summed E-state index contributed by atoms with van der Waals surface area (Å²) < 4.78 is 5.81. The molecule has 2 aliphatic rings. The summed E-state index contributed by atoms with van der Waals surface area (Å²) in [5.74, 6) is 1.11. The van der Waals surface area contributed by atoms with Gasteiger partial charge in [0.2, 0.25) is 0 Å². The van der Waals surface area contributed by atoms with Crippen molar-refractivity contribution in [1.29, 1.82) is 0 Å². The highest BCUT2D eigenvalue weighted by atomic mass is 16.5. The standard InChI is InChI=1S/C19H28N2O3/c1-12-9-13(2)18-15(10-12)16(7-8-24-18)20-19(23)21(3)11-14-5-4-6-17(14)22/h9-10,14,16-17,22H,4-8,11H2,1-3H3,(H,20,23). The minimum atomic E-state index is -0.269. The van der Waals surface area contributed by atoms with Crippen LogP contribution in [0.5, 0.6) is 5.75 Å². The normalized spacial score (nSPS) is 25.8. The van der Waals surface area contributed by atoms with E-state index >= 15 is 0 Å². The molecule has 2 N–H and O–H groups in total. The summed E-state index contributed by atoms with van der Waals surface area (Å²) in [6.45, 7) is 5.33. The van der Waals surface area contributed by atoms with Crippen molar-refractivity contribution >= 4 is 6.03 Å². The Bertz CT molecular complexity index is 617. The van der Waals surface area contributed by atoms with Crippen LogP contribution >= 0.6 is 0 Å². The zero-order valence-electron chi connectivity index (χ0n) is 14.8. The monoisotopic (exact) mass is 332 g/mol. The Hall–Kier alpha value is -1.75. The molecule has 1 saturated carbocycles. The number of fused-ring (bicyclic) bond motifs is 1. The van der Waals surface area contributed by atoms with Gasteiger partial charge in [-0.05, 0) is 32.3 Å². The topological polar surface area (TPSA) is 61.8 Å². The van der Waals surface area contributed by atoms with E-state index in [1.165, 1.54) is 5.56 Å². The van der Waals surface area contributed by atoms with Gasteiger partial charge in [0.25, 0.3) is 0 Å². The third-order valence-electron chi connectivity index (χ3n) is 5.25. The minimum absolute atomic E-state index is 0.0178. The maximum absolute atomic E-state index is 12.6. The number of carbonyl (C=O) groups is 1. The smallest absolute Gasteiger partial charge is 0.317 e. The van der Waals surface area contributed by atoms with Crippen LogP contribution in [0, 0.1) is 19.8 Å². The van der Waals surface area contributed by atoms with E-state index < -0.39 is 0 Å². The van der Waals surface area contributed by atoms with E-state index in [1.54, 1.807) is 4.90 Å². The van der Waals surface area contributed by atoms with Gasteiger partial charge in [0.05, 0.1) is 18.8 Å². The molecule has 1 aliphatic carbocycles. The van der Waals surface area contributed by atoms with Crippen LogP contribution in [0.1, 0.15) is 48.4 Å². The number of urea groups is 1. The molecule has 0 bridgehead atoms. The second-order valence-electron chi connectivity index (χ2n) is 7.28. The van der Waals surface area contributed by atoms with Crippen molar-refractivity contribution in [2.75, 3.05) is 20.2 Å². The number of amides is 2. The first-order chi connectivity index (χ1) is 11.5. The van der Waals surface area contributed by atoms with Gasteiger partial charge in [-0.2, -0.15) is 0 Å². The van der Waals surface area contributed by atoms with Crippen LogP contribution in [0.3, 0.4) is 0 Å². The molecule has 3 rings (SSSR count). The molecule has 1 aromatic carbocycles. The number of rotatable bonds is 3. The number of aryl methyl sites for hydroxylation is 2. The molecule has 24 heavy (non-hydrogen) atoms. The Morgan fingerprint density at radius 3 is 2.83 bits per heavy atom. The molecule has 0 spiro atoms. The number of benzene rings is 1. The van der Waals surface area contributed by atoms with Crippen LogP contribution in [0.2, 0.25) is 0 Å². The summed E-state index contributed by atoms with van der Waals surface area (Å²) in [5.41, 5.74) is 3.37. The number of ether oxygens (including phenoxy) is 1. The summed E-state index contributed by atoms with van der Waals surface area (Å²) in [6.07, 6.45) is 3.41. The van der Waals surface area contributed by atoms with Gasteiger partial charge in [-0.15, -0.1) is 0 Å². The van der Waals surface area contributed by atoms with Gasteiger partial charge in [0, 0.05) is 31.5 Å². The van der Waals surface area contributed by atoms with Gasteiger partial charge < -0.3 is 20.1 Å². The SMILES string of the molecule is Cc1cc(C)c2c(c1)C(NC(=O)N(C)CC1CCCC1O)CCO2. The van der Waals surface area contributed by atoms with Crippen molar-refractivity contribution in [2.45, 2.75) is 51.7 Å². The number of nitrogens with zero attached hydrogens (tertiary/aromatic N) is 1. The van der Waals surface area contributed by atoms with E-state index in [0.717, 1.165) is 42.6 Å². The summed E-state index contributed by atoms with van der Waals surface area (Å²) in [5, 5.41) is 13.1. The Morgan fingerprint density at radius 2 is 2.12 bits per heavy atom. The van der Waals surface area contributed by atoms with Crippen molar-refractivity contribution in [1.82, 2.24) is 10.2 Å². The highest BCUT2D eigenvalue weighted by molar-refractivity contribution is 5.74. The van der Waals surface area contributed by atoms with E-state index in [9.17, 15) is 9.90 Å². The first-order valence-corrected chi connectivity index (χ1v) is 8.89. The third-order valence-corrected chi connectivity index (χ3v) is 5.25. The number of aliphatic hydroxyl groups is 1. The van der Waals surface area contributed by atoms with Crippen LogP contribution in [-0.4, -0.2) is 42.3 Å². The molecule has 3 atom stereocenters. The highest BCUT2D eigenvalue weighted by Gasteiger charge is 2.29. The van der Waals surface area contributed by atoms with E-state index in [2.05, 4.69) is 24.4 Å². The average molecular weight is 332 g/mol. The van der Waals surface area contributed by atoms with Crippen LogP contribution in [0.15, 0.2) is 12.1 Å². The molecule has 5 nitrogen and oxygen atoms in total. The second-order valence-corrected chi connectivity index (χ2v) is 7.28. The van der Waals surface area contributed by atoms with Crippen molar-refractivity contribution in [3.05, 3.63) is 28.8 Å². The lowest BCUT2D eigenvalue weighted by atomic mass is 9.96. The van der Waals surface area contributed by atoms with Crippen LogP contribution in [-0.2, 0) is 0 Å². The minimum Gasteiger partial charge on any atom is -0.493 e. The van der Waals surface area contributed by atoms with E-state index in [1.807, 2.05) is 14.0 Å². The average Bonchev–Trinajstić information content (AvgIpc) is 2.93. The Balaban J connectivity index is 1.67. The zero-order valence-corrected chi connectivity index (χ0v) is 14.8. The highest BCUT2D eigenvalue weighted by Crippen LogP contribution is 2.35. The van der Waals surface area contributed by atoms with Crippen LogP contribution < -0.4 is 10.1 Å². The van der Waals surface area contributed by atoms with E-state index in [0.29, 0.717) is 13.2 Å². The maximum atomic E-state index is 12.6. The molecule has 132 valence electrons. The number of nitrogens with one attached hydrogen (secondary N) is 1. The molecule has 1 aliphatic heterocycles. The van der Waals surface area contributed by atoms with Crippen molar-refractivity contribution in [2.24, 2.45) is 5.92 Å². The fraction of sp³-hybridized carbons (Fsp3) is 0.632. The van der Waals surface area contributed by atoms with Gasteiger partial charge in [-0.3, -0.25) is 0 Å². The summed E-state index contributed by atoms with van der Waals surface area (Å²) >= 11 is 0. The first kappa shape index (κ1) is 17.1. The first-order valence-electron chi connectivity index (χ1n) is 8.89. The summed E-state index contributed by atoms with van der Waals surface area (Å²) in [6, 6.07) is 4.12.